The highest BCUT2D eigenvalue weighted by atomic mass is 19.4. The smallest absolute Gasteiger partial charge is 0.416 e. The van der Waals surface area contributed by atoms with Crippen LogP contribution in [0.4, 0.5) is 18.9 Å². The van der Waals surface area contributed by atoms with E-state index in [1.54, 1.807) is 13.2 Å². The first-order valence-corrected chi connectivity index (χ1v) is 10.6. The van der Waals surface area contributed by atoms with Gasteiger partial charge in [0.05, 0.1) is 12.7 Å². The molecule has 0 saturated carbocycles. The zero-order valence-electron chi connectivity index (χ0n) is 18.3. The van der Waals surface area contributed by atoms with Crippen LogP contribution in [0.2, 0.25) is 0 Å². The van der Waals surface area contributed by atoms with Crippen molar-refractivity contribution in [2.45, 2.75) is 19.2 Å². The van der Waals surface area contributed by atoms with Crippen molar-refractivity contribution in [3.63, 3.8) is 0 Å². The van der Waals surface area contributed by atoms with Crippen molar-refractivity contribution < 1.29 is 27.8 Å². The minimum atomic E-state index is -4.35. The van der Waals surface area contributed by atoms with Gasteiger partial charge in [0.2, 0.25) is 0 Å². The highest BCUT2D eigenvalue weighted by Gasteiger charge is 2.31. The van der Waals surface area contributed by atoms with Gasteiger partial charge >= 0.3 is 6.18 Å². The maximum Gasteiger partial charge on any atom is 0.416 e. The summed E-state index contributed by atoms with van der Waals surface area (Å²) in [6.07, 6.45) is -1.15. The molecule has 1 atom stereocenters. The molecule has 2 aromatic rings. The summed E-state index contributed by atoms with van der Waals surface area (Å²) in [7, 11) is 1.57. The van der Waals surface area contributed by atoms with Crippen molar-refractivity contribution >= 4 is 11.8 Å². The maximum absolute atomic E-state index is 13.0. The predicted molar refractivity (Wildman–Crippen MR) is 119 cm³/mol. The molecule has 0 spiro atoms. The number of ether oxygens (including phenoxy) is 2. The fourth-order valence-corrected chi connectivity index (χ4v) is 3.70. The van der Waals surface area contributed by atoms with Crippen LogP contribution in [0.3, 0.4) is 0 Å². The normalized spacial score (nSPS) is 16.4. The van der Waals surface area contributed by atoms with E-state index in [9.17, 15) is 18.3 Å². The first-order chi connectivity index (χ1) is 15.3. The first-order valence-electron chi connectivity index (χ1n) is 10.6. The van der Waals surface area contributed by atoms with Crippen LogP contribution in [-0.4, -0.2) is 62.6 Å². The summed E-state index contributed by atoms with van der Waals surface area (Å²) in [5.41, 5.74) is 0.923. The molecule has 1 heterocycles. The summed E-state index contributed by atoms with van der Waals surface area (Å²) in [5.74, 6) is 1.16. The lowest BCUT2D eigenvalue weighted by Crippen LogP contribution is -2.49. The topological polar surface area (TPSA) is 45.2 Å². The molecule has 1 aliphatic rings. The number of allylic oxidation sites excluding steroid dienone is 1. The van der Waals surface area contributed by atoms with Gasteiger partial charge in [-0.1, -0.05) is 24.3 Å². The lowest BCUT2D eigenvalue weighted by molar-refractivity contribution is -0.137. The van der Waals surface area contributed by atoms with Gasteiger partial charge in [-0.2, -0.15) is 13.2 Å². The molecule has 1 fully saturated rings. The van der Waals surface area contributed by atoms with Crippen LogP contribution >= 0.6 is 0 Å². The largest absolute Gasteiger partial charge is 0.493 e. The van der Waals surface area contributed by atoms with E-state index in [0.29, 0.717) is 49.9 Å². The quantitative estimate of drug-likeness (QED) is 0.650. The summed E-state index contributed by atoms with van der Waals surface area (Å²) in [4.78, 5) is 4.02. The van der Waals surface area contributed by atoms with Crippen molar-refractivity contribution in [3.8, 4) is 11.5 Å². The third-order valence-electron chi connectivity index (χ3n) is 5.36. The number of anilines is 1. The van der Waals surface area contributed by atoms with Crippen LogP contribution in [0.25, 0.3) is 6.08 Å². The number of aliphatic hydroxyl groups is 1. The van der Waals surface area contributed by atoms with Crippen molar-refractivity contribution in [3.05, 3.63) is 59.7 Å². The van der Waals surface area contributed by atoms with Gasteiger partial charge in [-0.05, 0) is 42.8 Å². The average Bonchev–Trinajstić information content (AvgIpc) is 2.78. The molecule has 0 amide bonds. The number of β-amino-alcohol motifs (C(OH)–C–C–N with tert-alkyl or cyclic N) is 1. The standard InChI is InChI=1S/C24H29F3N2O3/c1-3-5-18-8-9-22(23(14-18)31-2)32-17-21(30)16-28-10-12-29(13-11-28)20-7-4-6-19(15-20)24(25,26)27/h3-9,14-15,21,30H,10-13,16-17H2,1-2H3. The van der Waals surface area contributed by atoms with Crippen LogP contribution in [0, 0.1) is 0 Å². The van der Waals surface area contributed by atoms with Gasteiger partial charge < -0.3 is 19.5 Å². The van der Waals surface area contributed by atoms with Crippen LogP contribution in [0.5, 0.6) is 11.5 Å². The Morgan fingerprint density at radius 2 is 1.81 bits per heavy atom. The minimum absolute atomic E-state index is 0.118. The Hall–Kier alpha value is -2.71. The summed E-state index contributed by atoms with van der Waals surface area (Å²) < 4.78 is 50.0. The molecule has 1 N–H and O–H groups in total. The summed E-state index contributed by atoms with van der Waals surface area (Å²) in [5, 5.41) is 10.4. The Kier molecular flexibility index (Phi) is 8.04. The lowest BCUT2D eigenvalue weighted by Gasteiger charge is -2.37. The zero-order valence-corrected chi connectivity index (χ0v) is 18.3. The van der Waals surface area contributed by atoms with Gasteiger partial charge in [-0.25, -0.2) is 0 Å². The number of rotatable bonds is 8. The number of alkyl halides is 3. The molecule has 2 aromatic carbocycles. The number of benzene rings is 2. The molecule has 0 bridgehead atoms. The molecule has 1 unspecified atom stereocenters. The van der Waals surface area contributed by atoms with Crippen LogP contribution < -0.4 is 14.4 Å². The van der Waals surface area contributed by atoms with Gasteiger partial charge in [0, 0.05) is 38.4 Å². The Labute approximate surface area is 186 Å². The van der Waals surface area contributed by atoms with Crippen molar-refractivity contribution in [1.82, 2.24) is 4.90 Å². The monoisotopic (exact) mass is 450 g/mol. The number of halogens is 3. The molecule has 174 valence electrons. The molecule has 0 aliphatic carbocycles. The van der Waals surface area contributed by atoms with Crippen molar-refractivity contribution in [2.24, 2.45) is 0 Å². The molecule has 5 nitrogen and oxygen atoms in total. The van der Waals surface area contributed by atoms with E-state index in [1.807, 2.05) is 42.2 Å². The fraction of sp³-hybridized carbons (Fsp3) is 0.417. The lowest BCUT2D eigenvalue weighted by atomic mass is 10.1. The highest BCUT2D eigenvalue weighted by Crippen LogP contribution is 2.32. The fourth-order valence-electron chi connectivity index (χ4n) is 3.70. The van der Waals surface area contributed by atoms with E-state index < -0.39 is 17.8 Å². The Bertz CT molecular complexity index is 910. The minimum Gasteiger partial charge on any atom is -0.493 e. The summed E-state index contributed by atoms with van der Waals surface area (Å²) in [6, 6.07) is 11.0. The van der Waals surface area contributed by atoms with E-state index >= 15 is 0 Å². The van der Waals surface area contributed by atoms with E-state index in [2.05, 4.69) is 4.90 Å². The number of piperazine rings is 1. The van der Waals surface area contributed by atoms with Crippen molar-refractivity contribution in [1.29, 1.82) is 0 Å². The second-order valence-electron chi connectivity index (χ2n) is 7.71. The van der Waals surface area contributed by atoms with Crippen molar-refractivity contribution in [2.75, 3.05) is 51.3 Å². The molecule has 32 heavy (non-hydrogen) atoms. The molecule has 0 aromatic heterocycles. The summed E-state index contributed by atoms with van der Waals surface area (Å²) >= 11 is 0. The number of methoxy groups -OCH3 is 1. The highest BCUT2D eigenvalue weighted by molar-refractivity contribution is 5.55. The molecule has 8 heteroatoms. The van der Waals surface area contributed by atoms with Gasteiger partial charge in [0.15, 0.2) is 11.5 Å². The SMILES string of the molecule is CC=Cc1ccc(OCC(O)CN2CCN(c3cccc(C(F)(F)F)c3)CC2)c(OC)c1. The first kappa shape index (κ1) is 23.9. The van der Waals surface area contributed by atoms with Gasteiger partial charge in [-0.15, -0.1) is 0 Å². The third kappa shape index (κ3) is 6.40. The average molecular weight is 451 g/mol. The second kappa shape index (κ2) is 10.7. The van der Waals surface area contributed by atoms with Gasteiger partial charge in [0.1, 0.15) is 12.7 Å². The number of hydrogen-bond acceptors (Lipinski definition) is 5. The summed E-state index contributed by atoms with van der Waals surface area (Å²) in [6.45, 7) is 4.96. The molecule has 0 radical (unpaired) electrons. The van der Waals surface area contributed by atoms with Gasteiger partial charge in [-0.3, -0.25) is 4.90 Å². The second-order valence-corrected chi connectivity index (χ2v) is 7.71. The number of hydrogen-bond donors (Lipinski definition) is 1. The van der Waals surface area contributed by atoms with Crippen LogP contribution in [0.15, 0.2) is 48.5 Å². The van der Waals surface area contributed by atoms with Crippen LogP contribution in [0.1, 0.15) is 18.1 Å². The number of nitrogens with zero attached hydrogens (tertiary/aromatic N) is 2. The van der Waals surface area contributed by atoms with E-state index in [4.69, 9.17) is 9.47 Å². The molecular weight excluding hydrogens is 421 g/mol. The Balaban J connectivity index is 1.48. The Morgan fingerprint density at radius 1 is 1.06 bits per heavy atom. The van der Waals surface area contributed by atoms with E-state index in [0.717, 1.165) is 11.6 Å². The maximum atomic E-state index is 13.0. The molecular formula is C24H29F3N2O3. The van der Waals surface area contributed by atoms with Gasteiger partial charge in [0.25, 0.3) is 0 Å². The zero-order chi connectivity index (χ0) is 23.1. The molecule has 3 rings (SSSR count). The Morgan fingerprint density at radius 3 is 2.47 bits per heavy atom. The van der Waals surface area contributed by atoms with E-state index in [-0.39, 0.29) is 6.61 Å². The molecule has 1 aliphatic heterocycles. The third-order valence-corrected chi connectivity index (χ3v) is 5.36. The molecule has 1 saturated heterocycles. The number of aliphatic hydroxyl groups excluding tert-OH is 1. The van der Waals surface area contributed by atoms with E-state index in [1.165, 1.54) is 12.1 Å². The van der Waals surface area contributed by atoms with Crippen LogP contribution in [-0.2, 0) is 6.18 Å². The predicted octanol–water partition coefficient (Wildman–Crippen LogP) is 4.31.